The summed E-state index contributed by atoms with van der Waals surface area (Å²) >= 11 is 0. The molecule has 1 aliphatic carbocycles. The summed E-state index contributed by atoms with van der Waals surface area (Å²) in [6.45, 7) is 4.20. The zero-order valence-electron chi connectivity index (χ0n) is 14.8. The molecule has 3 heteroatoms. The predicted octanol–water partition coefficient (Wildman–Crippen LogP) is 5.01. The Morgan fingerprint density at radius 2 is 1.67 bits per heavy atom. The molecule has 3 N–H and O–H groups in total. The van der Waals surface area contributed by atoms with Crippen molar-refractivity contribution in [1.82, 2.24) is 4.98 Å². The molecule has 3 nitrogen and oxygen atoms in total. The molecule has 0 spiro atoms. The van der Waals surface area contributed by atoms with Crippen molar-refractivity contribution in [1.29, 1.82) is 0 Å². The van der Waals surface area contributed by atoms with Gasteiger partial charge in [0.05, 0.1) is 5.69 Å². The molecule has 0 unspecified atom stereocenters. The summed E-state index contributed by atoms with van der Waals surface area (Å²) in [5, 5.41) is 10.3. The van der Waals surface area contributed by atoms with Crippen LogP contribution >= 0.6 is 0 Å². The maximum Gasteiger partial charge on any atom is 0.137 e. The minimum atomic E-state index is 0.358. The van der Waals surface area contributed by atoms with E-state index in [-0.39, 0.29) is 0 Å². The number of nitrogen functional groups attached to an aromatic ring is 1. The largest absolute Gasteiger partial charge is 0.506 e. The monoisotopic (exact) mass is 324 g/mol. The van der Waals surface area contributed by atoms with E-state index in [9.17, 15) is 5.11 Å². The molecular formula is C21H28N2O. The van der Waals surface area contributed by atoms with Gasteiger partial charge in [-0.25, -0.2) is 0 Å². The Morgan fingerprint density at radius 1 is 1.04 bits per heavy atom. The molecule has 0 amide bonds. The maximum atomic E-state index is 10.3. The minimum absolute atomic E-state index is 0.358. The number of hydrogen-bond donors (Lipinski definition) is 2. The molecule has 1 aromatic carbocycles. The van der Waals surface area contributed by atoms with Crippen LogP contribution in [0.4, 0.5) is 5.69 Å². The number of aromatic hydroxyl groups is 1. The summed E-state index contributed by atoms with van der Waals surface area (Å²) in [5.41, 5.74) is 12.4. The molecule has 24 heavy (non-hydrogen) atoms. The summed E-state index contributed by atoms with van der Waals surface area (Å²) in [6.07, 6.45) is 8.17. The van der Waals surface area contributed by atoms with E-state index in [2.05, 4.69) is 13.8 Å². The minimum Gasteiger partial charge on any atom is -0.506 e. The number of aryl methyl sites for hydroxylation is 2. The lowest BCUT2D eigenvalue weighted by Gasteiger charge is -2.17. The molecular weight excluding hydrogens is 296 g/mol. The second kappa shape index (κ2) is 7.25. The standard InChI is InChI=1S/C21H28N2O/c1-14-11-17(22)12-15(2)19(14)13-18-9-10-20(24)21(23-18)16-7-5-3-4-6-8-16/h9-12,16,24H,3-8,13,22H2,1-2H3. The van der Waals surface area contributed by atoms with Gasteiger partial charge in [0.25, 0.3) is 0 Å². The average molecular weight is 324 g/mol. The lowest BCUT2D eigenvalue weighted by molar-refractivity contribution is 0.445. The van der Waals surface area contributed by atoms with Crippen molar-refractivity contribution in [3.8, 4) is 5.75 Å². The summed E-state index contributed by atoms with van der Waals surface area (Å²) < 4.78 is 0. The maximum absolute atomic E-state index is 10.3. The second-order valence-corrected chi connectivity index (χ2v) is 7.21. The zero-order chi connectivity index (χ0) is 17.1. The van der Waals surface area contributed by atoms with Crippen molar-refractivity contribution in [2.45, 2.75) is 64.7 Å². The SMILES string of the molecule is Cc1cc(N)cc(C)c1Cc1ccc(O)c(C2CCCCCC2)n1. The van der Waals surface area contributed by atoms with Gasteiger partial charge >= 0.3 is 0 Å². The third-order valence-electron chi connectivity index (χ3n) is 5.28. The highest BCUT2D eigenvalue weighted by atomic mass is 16.3. The van der Waals surface area contributed by atoms with Crippen LogP contribution in [-0.4, -0.2) is 10.1 Å². The first-order chi connectivity index (χ1) is 11.5. The Labute approximate surface area is 144 Å². The van der Waals surface area contributed by atoms with E-state index < -0.39 is 0 Å². The molecule has 1 aliphatic rings. The van der Waals surface area contributed by atoms with Crippen molar-refractivity contribution in [2.75, 3.05) is 5.73 Å². The van der Waals surface area contributed by atoms with Gasteiger partial charge in [-0.15, -0.1) is 0 Å². The first-order valence-corrected chi connectivity index (χ1v) is 9.09. The van der Waals surface area contributed by atoms with Gasteiger partial charge in [-0.2, -0.15) is 0 Å². The quantitative estimate of drug-likeness (QED) is 0.616. The second-order valence-electron chi connectivity index (χ2n) is 7.21. The summed E-state index contributed by atoms with van der Waals surface area (Å²) in [4.78, 5) is 4.86. The summed E-state index contributed by atoms with van der Waals surface area (Å²) in [5.74, 6) is 0.762. The topological polar surface area (TPSA) is 59.1 Å². The van der Waals surface area contributed by atoms with Crippen molar-refractivity contribution in [3.05, 3.63) is 52.3 Å². The molecule has 1 aromatic heterocycles. The van der Waals surface area contributed by atoms with Crippen molar-refractivity contribution >= 4 is 5.69 Å². The highest BCUT2D eigenvalue weighted by Gasteiger charge is 2.20. The number of rotatable bonds is 3. The average Bonchev–Trinajstić information content (AvgIpc) is 2.81. The molecule has 0 aliphatic heterocycles. The van der Waals surface area contributed by atoms with Crippen molar-refractivity contribution < 1.29 is 5.11 Å². The van der Waals surface area contributed by atoms with Gasteiger partial charge in [-0.3, -0.25) is 4.98 Å². The Balaban J connectivity index is 1.88. The lowest BCUT2D eigenvalue weighted by atomic mass is 9.94. The van der Waals surface area contributed by atoms with E-state index in [1.807, 2.05) is 24.3 Å². The van der Waals surface area contributed by atoms with Gasteiger partial charge in [-0.05, 0) is 67.6 Å². The molecule has 0 atom stereocenters. The van der Waals surface area contributed by atoms with Gasteiger partial charge in [0.1, 0.15) is 5.75 Å². The van der Waals surface area contributed by atoms with Crippen LogP contribution in [0.2, 0.25) is 0 Å². The molecule has 1 fully saturated rings. The van der Waals surface area contributed by atoms with Crippen LogP contribution in [0.1, 0.15) is 72.5 Å². The third-order valence-corrected chi connectivity index (χ3v) is 5.28. The van der Waals surface area contributed by atoms with Crippen molar-refractivity contribution in [2.24, 2.45) is 0 Å². The number of pyridine rings is 1. The molecule has 3 rings (SSSR count). The number of aromatic nitrogens is 1. The Kier molecular flexibility index (Phi) is 5.08. The highest BCUT2D eigenvalue weighted by Crippen LogP contribution is 2.35. The van der Waals surface area contributed by atoms with Gasteiger partial charge in [-0.1, -0.05) is 25.7 Å². The Bertz CT molecular complexity index is 693. The molecule has 0 radical (unpaired) electrons. The number of benzene rings is 1. The van der Waals surface area contributed by atoms with Crippen LogP contribution in [0.25, 0.3) is 0 Å². The first kappa shape index (κ1) is 16.8. The van der Waals surface area contributed by atoms with E-state index in [0.717, 1.165) is 36.3 Å². The molecule has 0 bridgehead atoms. The van der Waals surface area contributed by atoms with Crippen LogP contribution in [0.15, 0.2) is 24.3 Å². The fraction of sp³-hybridized carbons (Fsp3) is 0.476. The molecule has 1 heterocycles. The number of hydrogen-bond acceptors (Lipinski definition) is 3. The van der Waals surface area contributed by atoms with E-state index in [1.54, 1.807) is 0 Å². The fourth-order valence-corrected chi connectivity index (χ4v) is 3.95. The zero-order valence-corrected chi connectivity index (χ0v) is 14.8. The van der Waals surface area contributed by atoms with E-state index >= 15 is 0 Å². The molecule has 1 saturated carbocycles. The van der Waals surface area contributed by atoms with Gasteiger partial charge < -0.3 is 10.8 Å². The first-order valence-electron chi connectivity index (χ1n) is 9.09. The van der Waals surface area contributed by atoms with Gasteiger partial charge in [0.15, 0.2) is 0 Å². The third kappa shape index (κ3) is 3.72. The lowest BCUT2D eigenvalue weighted by Crippen LogP contribution is -2.05. The number of nitrogens with zero attached hydrogens (tertiary/aromatic N) is 1. The smallest absolute Gasteiger partial charge is 0.137 e. The van der Waals surface area contributed by atoms with E-state index in [1.165, 1.54) is 42.4 Å². The van der Waals surface area contributed by atoms with E-state index in [4.69, 9.17) is 10.7 Å². The van der Waals surface area contributed by atoms with Gasteiger partial charge in [0.2, 0.25) is 0 Å². The van der Waals surface area contributed by atoms with Gasteiger partial charge in [0, 0.05) is 23.7 Å². The molecule has 0 saturated heterocycles. The predicted molar refractivity (Wildman–Crippen MR) is 99.5 cm³/mol. The van der Waals surface area contributed by atoms with Crippen LogP contribution < -0.4 is 5.73 Å². The number of nitrogens with two attached hydrogens (primary N) is 1. The summed E-state index contributed by atoms with van der Waals surface area (Å²) in [6, 6.07) is 7.82. The highest BCUT2D eigenvalue weighted by molar-refractivity contribution is 5.50. The van der Waals surface area contributed by atoms with Crippen LogP contribution in [-0.2, 0) is 6.42 Å². The molecule has 128 valence electrons. The van der Waals surface area contributed by atoms with Crippen LogP contribution in [0.3, 0.4) is 0 Å². The number of anilines is 1. The summed E-state index contributed by atoms with van der Waals surface area (Å²) in [7, 11) is 0. The van der Waals surface area contributed by atoms with E-state index in [0.29, 0.717) is 11.7 Å². The normalized spacial score (nSPS) is 16.1. The van der Waals surface area contributed by atoms with Crippen LogP contribution in [0, 0.1) is 13.8 Å². The fourth-order valence-electron chi connectivity index (χ4n) is 3.95. The molecule has 2 aromatic rings. The van der Waals surface area contributed by atoms with Crippen molar-refractivity contribution in [3.63, 3.8) is 0 Å². The van der Waals surface area contributed by atoms with Crippen LogP contribution in [0.5, 0.6) is 5.75 Å². The Morgan fingerprint density at radius 3 is 2.29 bits per heavy atom. The Hall–Kier alpha value is -2.03.